The maximum Gasteiger partial charge on any atom is 0.305 e. The van der Waals surface area contributed by atoms with Gasteiger partial charge in [0.2, 0.25) is 0 Å². The molecule has 0 heterocycles. The first-order valence-corrected chi connectivity index (χ1v) is 17.6. The van der Waals surface area contributed by atoms with E-state index in [1.807, 2.05) is 24.3 Å². The second-order valence-corrected chi connectivity index (χ2v) is 11.8. The molecule has 0 rings (SSSR count). The van der Waals surface area contributed by atoms with Gasteiger partial charge in [0.1, 0.15) is 19.3 Å². The molecule has 0 aromatic carbocycles. The van der Waals surface area contributed by atoms with E-state index in [0.717, 1.165) is 64.2 Å². The first-order valence-electron chi connectivity index (χ1n) is 17.6. The number of aliphatic hydroxyl groups is 2. The highest BCUT2D eigenvalue weighted by atomic mass is 16.6. The molecule has 2 atom stereocenters. The molecular formula is C37H66O6. The fraction of sp³-hybridized carbons (Fsp3) is 0.784. The minimum Gasteiger partial charge on any atom is -0.463 e. The molecule has 0 aliphatic heterocycles. The van der Waals surface area contributed by atoms with Crippen LogP contribution in [0.2, 0.25) is 0 Å². The number of hydrogen-bond donors (Lipinski definition) is 2. The quantitative estimate of drug-likeness (QED) is 0.0353. The minimum absolute atomic E-state index is 0.133. The largest absolute Gasteiger partial charge is 0.463 e. The first-order chi connectivity index (χ1) is 21.0. The summed E-state index contributed by atoms with van der Waals surface area (Å²) in [6.45, 7) is 4.06. The molecular weight excluding hydrogens is 540 g/mol. The molecule has 2 N–H and O–H groups in total. The summed E-state index contributed by atoms with van der Waals surface area (Å²) < 4.78 is 10.3. The SMILES string of the molecule is CC/C=C/CC(O)/C=C/C=C/CCCCCCCC(=O)OC[C@@H](O)COC(=O)CCCCCCCCCCCCCCC. The Morgan fingerprint density at radius 1 is 0.581 bits per heavy atom. The van der Waals surface area contributed by atoms with E-state index in [1.165, 1.54) is 64.2 Å². The standard InChI is InChI=1S/C37H66O6/c1-3-5-7-8-9-10-11-12-13-16-19-22-26-30-36(40)42-32-35(39)33-43-37(41)31-27-23-20-17-14-15-18-21-25-29-34(38)28-24-6-4-2/h6,18,21,24-25,29,34-35,38-39H,3-5,7-17,19-20,22-23,26-28,30-33H2,1-2H3/b21-18+,24-6+,29-25+/t34?,35-/m0/s1. The number of unbranched alkanes of at least 4 members (excludes halogenated alkanes) is 17. The van der Waals surface area contributed by atoms with Crippen LogP contribution in [0, 0.1) is 0 Å². The third-order valence-electron chi connectivity index (χ3n) is 7.47. The molecule has 0 saturated carbocycles. The molecule has 0 aromatic heterocycles. The van der Waals surface area contributed by atoms with Crippen LogP contribution < -0.4 is 0 Å². The number of carbonyl (C=O) groups excluding carboxylic acids is 2. The number of ether oxygens (including phenoxy) is 2. The van der Waals surface area contributed by atoms with Gasteiger partial charge in [0.05, 0.1) is 6.10 Å². The van der Waals surface area contributed by atoms with Crippen LogP contribution in [0.25, 0.3) is 0 Å². The summed E-state index contributed by atoms with van der Waals surface area (Å²) in [5.74, 6) is -0.617. The minimum atomic E-state index is -0.983. The fourth-order valence-electron chi connectivity index (χ4n) is 4.77. The van der Waals surface area contributed by atoms with Crippen molar-refractivity contribution in [2.24, 2.45) is 0 Å². The van der Waals surface area contributed by atoms with E-state index >= 15 is 0 Å². The molecule has 0 aliphatic rings. The number of allylic oxidation sites excluding steroid dienone is 4. The molecule has 0 radical (unpaired) electrons. The highest BCUT2D eigenvalue weighted by Gasteiger charge is 2.12. The number of rotatable bonds is 31. The summed E-state index contributed by atoms with van der Waals surface area (Å²) in [6, 6.07) is 0. The molecule has 0 aromatic rings. The normalized spacial score (nSPS) is 13.3. The van der Waals surface area contributed by atoms with Crippen molar-refractivity contribution in [1.29, 1.82) is 0 Å². The van der Waals surface area contributed by atoms with Crippen LogP contribution in [0.1, 0.15) is 162 Å². The van der Waals surface area contributed by atoms with Gasteiger partial charge in [-0.25, -0.2) is 0 Å². The van der Waals surface area contributed by atoms with Gasteiger partial charge in [0.15, 0.2) is 0 Å². The summed E-state index contributed by atoms with van der Waals surface area (Å²) >= 11 is 0. The van der Waals surface area contributed by atoms with Gasteiger partial charge in [0.25, 0.3) is 0 Å². The van der Waals surface area contributed by atoms with Crippen LogP contribution in [0.4, 0.5) is 0 Å². The van der Waals surface area contributed by atoms with E-state index in [-0.39, 0.29) is 25.2 Å². The molecule has 0 saturated heterocycles. The lowest BCUT2D eigenvalue weighted by atomic mass is 10.0. The highest BCUT2D eigenvalue weighted by Crippen LogP contribution is 2.13. The van der Waals surface area contributed by atoms with E-state index in [2.05, 4.69) is 26.0 Å². The van der Waals surface area contributed by atoms with E-state index in [1.54, 1.807) is 0 Å². The predicted octanol–water partition coefficient (Wildman–Crippen LogP) is 9.48. The lowest BCUT2D eigenvalue weighted by molar-refractivity contribution is -0.152. The lowest BCUT2D eigenvalue weighted by Gasteiger charge is -2.12. The maximum atomic E-state index is 11.9. The van der Waals surface area contributed by atoms with Crippen molar-refractivity contribution in [2.75, 3.05) is 13.2 Å². The molecule has 250 valence electrons. The Balaban J connectivity index is 3.52. The summed E-state index contributed by atoms with van der Waals surface area (Å²) in [6.07, 6.45) is 35.2. The van der Waals surface area contributed by atoms with Gasteiger partial charge >= 0.3 is 11.9 Å². The Morgan fingerprint density at radius 3 is 1.53 bits per heavy atom. The average molecular weight is 607 g/mol. The summed E-state index contributed by atoms with van der Waals surface area (Å²) in [5, 5.41) is 19.8. The second kappa shape index (κ2) is 33.0. The van der Waals surface area contributed by atoms with Crippen molar-refractivity contribution < 1.29 is 29.3 Å². The van der Waals surface area contributed by atoms with Crippen molar-refractivity contribution in [1.82, 2.24) is 0 Å². The average Bonchev–Trinajstić information content (AvgIpc) is 3.00. The van der Waals surface area contributed by atoms with Crippen LogP contribution >= 0.6 is 0 Å². The number of hydrogen-bond acceptors (Lipinski definition) is 6. The summed E-state index contributed by atoms with van der Waals surface area (Å²) in [7, 11) is 0. The highest BCUT2D eigenvalue weighted by molar-refractivity contribution is 5.69. The molecule has 6 heteroatoms. The Hall–Kier alpha value is -1.92. The monoisotopic (exact) mass is 606 g/mol. The van der Waals surface area contributed by atoms with Gasteiger partial charge in [-0.15, -0.1) is 0 Å². The molecule has 0 spiro atoms. The van der Waals surface area contributed by atoms with Crippen molar-refractivity contribution in [3.8, 4) is 0 Å². The van der Waals surface area contributed by atoms with Crippen LogP contribution in [-0.4, -0.2) is 47.6 Å². The van der Waals surface area contributed by atoms with Crippen LogP contribution in [0.5, 0.6) is 0 Å². The first kappa shape index (κ1) is 41.1. The zero-order chi connectivity index (χ0) is 31.6. The Kier molecular flexibility index (Phi) is 31.5. The third-order valence-corrected chi connectivity index (χ3v) is 7.47. The molecule has 43 heavy (non-hydrogen) atoms. The second-order valence-electron chi connectivity index (χ2n) is 11.8. The van der Waals surface area contributed by atoms with Crippen LogP contribution in [0.3, 0.4) is 0 Å². The summed E-state index contributed by atoms with van der Waals surface area (Å²) in [4.78, 5) is 23.8. The number of aliphatic hydroxyl groups excluding tert-OH is 2. The van der Waals surface area contributed by atoms with Crippen molar-refractivity contribution in [3.63, 3.8) is 0 Å². The van der Waals surface area contributed by atoms with Gasteiger partial charge in [-0.1, -0.05) is 147 Å². The van der Waals surface area contributed by atoms with Crippen molar-refractivity contribution >= 4 is 11.9 Å². The maximum absolute atomic E-state index is 11.9. The van der Waals surface area contributed by atoms with Gasteiger partial charge in [-0.2, -0.15) is 0 Å². The molecule has 6 nitrogen and oxygen atoms in total. The van der Waals surface area contributed by atoms with Crippen LogP contribution in [0.15, 0.2) is 36.5 Å². The fourth-order valence-corrected chi connectivity index (χ4v) is 4.77. The van der Waals surface area contributed by atoms with Gasteiger partial charge in [-0.3, -0.25) is 9.59 Å². The molecule has 0 fully saturated rings. The Morgan fingerprint density at radius 2 is 1.05 bits per heavy atom. The predicted molar refractivity (Wildman–Crippen MR) is 179 cm³/mol. The van der Waals surface area contributed by atoms with Crippen LogP contribution in [-0.2, 0) is 19.1 Å². The number of esters is 2. The zero-order valence-corrected chi connectivity index (χ0v) is 27.8. The van der Waals surface area contributed by atoms with Crippen molar-refractivity contribution in [3.05, 3.63) is 36.5 Å². The lowest BCUT2D eigenvalue weighted by Crippen LogP contribution is -2.25. The van der Waals surface area contributed by atoms with Gasteiger partial charge < -0.3 is 19.7 Å². The van der Waals surface area contributed by atoms with E-state index in [9.17, 15) is 19.8 Å². The number of carbonyl (C=O) groups is 2. The zero-order valence-electron chi connectivity index (χ0n) is 27.8. The van der Waals surface area contributed by atoms with E-state index in [4.69, 9.17) is 9.47 Å². The Bertz CT molecular complexity index is 714. The topological polar surface area (TPSA) is 93.1 Å². The van der Waals surface area contributed by atoms with E-state index in [0.29, 0.717) is 19.3 Å². The van der Waals surface area contributed by atoms with Crippen molar-refractivity contribution in [2.45, 2.75) is 174 Å². The molecule has 0 amide bonds. The Labute approximate surface area is 264 Å². The molecule has 1 unspecified atom stereocenters. The molecule has 0 aliphatic carbocycles. The van der Waals surface area contributed by atoms with Gasteiger partial charge in [0, 0.05) is 12.8 Å². The molecule has 0 bridgehead atoms. The van der Waals surface area contributed by atoms with Gasteiger partial charge in [-0.05, 0) is 38.5 Å². The smallest absolute Gasteiger partial charge is 0.305 e. The summed E-state index contributed by atoms with van der Waals surface area (Å²) in [5.41, 5.74) is 0. The third kappa shape index (κ3) is 32.8. The van der Waals surface area contributed by atoms with E-state index < -0.39 is 12.2 Å².